The van der Waals surface area contributed by atoms with Gasteiger partial charge in [0.1, 0.15) is 5.56 Å². The molecule has 1 heterocycles. The smallest absolute Gasteiger partial charge is 0.341 e. The fraction of sp³-hybridized carbons (Fsp3) is 0.231. The fourth-order valence-corrected chi connectivity index (χ4v) is 1.89. The van der Waals surface area contributed by atoms with Crippen molar-refractivity contribution >= 4 is 16.9 Å². The molecule has 0 saturated carbocycles. The number of nitrogens with zero attached hydrogens (tertiary/aromatic N) is 1. The Morgan fingerprint density at radius 2 is 1.76 bits per heavy atom. The maximum Gasteiger partial charge on any atom is 0.341 e. The summed E-state index contributed by atoms with van der Waals surface area (Å²) < 4.78 is 1.38. The minimum absolute atomic E-state index is 0.191. The van der Waals surface area contributed by atoms with Gasteiger partial charge < -0.3 is 9.67 Å². The van der Waals surface area contributed by atoms with Crippen LogP contribution >= 0.6 is 0 Å². The monoisotopic (exact) mass is 231 g/mol. The number of hydrogen-bond acceptors (Lipinski definition) is 2. The number of fused-ring (bicyclic) bond motifs is 1. The molecule has 0 saturated heterocycles. The van der Waals surface area contributed by atoms with Gasteiger partial charge in [-0.05, 0) is 48.6 Å². The van der Waals surface area contributed by atoms with Crippen LogP contribution in [0.25, 0.3) is 10.9 Å². The largest absolute Gasteiger partial charge is 0.477 e. The van der Waals surface area contributed by atoms with Crippen LogP contribution in [0.15, 0.2) is 23.0 Å². The van der Waals surface area contributed by atoms with Gasteiger partial charge in [-0.3, -0.25) is 4.79 Å². The molecule has 2 aromatic rings. The van der Waals surface area contributed by atoms with Crippen molar-refractivity contribution in [3.05, 3.63) is 45.2 Å². The molecule has 2 rings (SSSR count). The van der Waals surface area contributed by atoms with Crippen molar-refractivity contribution in [1.29, 1.82) is 0 Å². The molecule has 0 aliphatic heterocycles. The minimum atomic E-state index is -1.19. The summed E-state index contributed by atoms with van der Waals surface area (Å²) in [5, 5.41) is 9.73. The van der Waals surface area contributed by atoms with Crippen LogP contribution in [-0.2, 0) is 7.05 Å². The summed E-state index contributed by atoms with van der Waals surface area (Å²) in [7, 11) is 1.59. The predicted octanol–water partition coefficient (Wildman–Crippen LogP) is 1.85. The van der Waals surface area contributed by atoms with Crippen LogP contribution in [0, 0.1) is 13.8 Å². The zero-order valence-electron chi connectivity index (χ0n) is 9.94. The van der Waals surface area contributed by atoms with E-state index in [1.165, 1.54) is 10.6 Å². The van der Waals surface area contributed by atoms with Crippen LogP contribution in [-0.4, -0.2) is 15.6 Å². The lowest BCUT2D eigenvalue weighted by atomic mass is 10.0. The number of pyridine rings is 1. The van der Waals surface area contributed by atoms with E-state index >= 15 is 0 Å². The molecule has 17 heavy (non-hydrogen) atoms. The van der Waals surface area contributed by atoms with Gasteiger partial charge in [-0.15, -0.1) is 0 Å². The predicted molar refractivity (Wildman–Crippen MR) is 65.6 cm³/mol. The molecule has 0 aliphatic rings. The first kappa shape index (κ1) is 11.4. The third kappa shape index (κ3) is 1.71. The van der Waals surface area contributed by atoms with Crippen molar-refractivity contribution in [2.75, 3.05) is 0 Å². The van der Waals surface area contributed by atoms with Gasteiger partial charge in [0.25, 0.3) is 5.56 Å². The van der Waals surface area contributed by atoms with E-state index < -0.39 is 11.5 Å². The average molecular weight is 231 g/mol. The van der Waals surface area contributed by atoms with Crippen LogP contribution in [0.2, 0.25) is 0 Å². The molecule has 1 aromatic heterocycles. The number of rotatable bonds is 1. The third-order valence-electron chi connectivity index (χ3n) is 3.07. The number of aromatic nitrogens is 1. The second-order valence-corrected chi connectivity index (χ2v) is 4.22. The van der Waals surface area contributed by atoms with E-state index in [1.807, 2.05) is 26.0 Å². The van der Waals surface area contributed by atoms with Gasteiger partial charge in [0, 0.05) is 7.05 Å². The summed E-state index contributed by atoms with van der Waals surface area (Å²) in [6.45, 7) is 3.92. The van der Waals surface area contributed by atoms with E-state index in [2.05, 4.69) is 0 Å². The van der Waals surface area contributed by atoms with Gasteiger partial charge in [-0.25, -0.2) is 4.79 Å². The van der Waals surface area contributed by atoms with Gasteiger partial charge in [0.15, 0.2) is 0 Å². The highest BCUT2D eigenvalue weighted by Crippen LogP contribution is 2.18. The van der Waals surface area contributed by atoms with E-state index in [1.54, 1.807) is 7.05 Å². The summed E-state index contributed by atoms with van der Waals surface area (Å²) in [5.41, 5.74) is 2.24. The zero-order chi connectivity index (χ0) is 12.7. The first-order valence-corrected chi connectivity index (χ1v) is 5.26. The van der Waals surface area contributed by atoms with E-state index in [4.69, 9.17) is 5.11 Å². The Labute approximate surface area is 98.1 Å². The molecule has 0 bridgehead atoms. The topological polar surface area (TPSA) is 59.3 Å². The van der Waals surface area contributed by atoms with Crippen molar-refractivity contribution in [3.63, 3.8) is 0 Å². The highest BCUT2D eigenvalue weighted by atomic mass is 16.4. The average Bonchev–Trinajstić information content (AvgIpc) is 2.26. The van der Waals surface area contributed by atoms with Crippen molar-refractivity contribution in [2.24, 2.45) is 7.05 Å². The molecule has 1 aromatic carbocycles. The molecule has 0 spiro atoms. The molecule has 0 fully saturated rings. The number of benzene rings is 1. The first-order chi connectivity index (χ1) is 7.91. The van der Waals surface area contributed by atoms with Gasteiger partial charge in [0.05, 0.1) is 5.52 Å². The number of carboxylic acid groups (broad SMARTS) is 1. The molecule has 0 unspecified atom stereocenters. The van der Waals surface area contributed by atoms with E-state index in [-0.39, 0.29) is 5.56 Å². The number of hydrogen-bond donors (Lipinski definition) is 1. The molecule has 0 atom stereocenters. The van der Waals surface area contributed by atoms with Crippen molar-refractivity contribution in [1.82, 2.24) is 4.57 Å². The Bertz CT molecular complexity index is 683. The molecule has 1 N–H and O–H groups in total. The van der Waals surface area contributed by atoms with Gasteiger partial charge in [0.2, 0.25) is 0 Å². The van der Waals surface area contributed by atoms with Crippen LogP contribution < -0.4 is 5.56 Å². The SMILES string of the molecule is Cc1cc2cc(C(=O)O)c(=O)n(C)c2cc1C. The molecular weight excluding hydrogens is 218 g/mol. The second kappa shape index (κ2) is 3.73. The Morgan fingerprint density at radius 3 is 2.35 bits per heavy atom. The Hall–Kier alpha value is -2.10. The molecule has 0 amide bonds. The lowest BCUT2D eigenvalue weighted by Gasteiger charge is -2.09. The standard InChI is InChI=1S/C13H13NO3/c1-7-4-9-6-10(13(16)17)12(15)14(3)11(9)5-8(7)2/h4-6H,1-3H3,(H,16,17). The Morgan fingerprint density at radius 1 is 1.18 bits per heavy atom. The molecule has 0 aliphatic carbocycles. The van der Waals surface area contributed by atoms with Gasteiger partial charge >= 0.3 is 5.97 Å². The Balaban J connectivity index is 2.96. The van der Waals surface area contributed by atoms with Crippen LogP contribution in [0.4, 0.5) is 0 Å². The van der Waals surface area contributed by atoms with E-state index in [9.17, 15) is 9.59 Å². The van der Waals surface area contributed by atoms with Gasteiger partial charge in [-0.2, -0.15) is 0 Å². The zero-order valence-corrected chi connectivity index (χ0v) is 9.94. The molecule has 4 nitrogen and oxygen atoms in total. The van der Waals surface area contributed by atoms with Crippen molar-refractivity contribution in [2.45, 2.75) is 13.8 Å². The summed E-state index contributed by atoms with van der Waals surface area (Å²) >= 11 is 0. The van der Waals surface area contributed by atoms with Gasteiger partial charge in [-0.1, -0.05) is 0 Å². The fourth-order valence-electron chi connectivity index (χ4n) is 1.89. The highest BCUT2D eigenvalue weighted by Gasteiger charge is 2.13. The summed E-state index contributed by atoms with van der Waals surface area (Å²) in [4.78, 5) is 22.8. The summed E-state index contributed by atoms with van der Waals surface area (Å²) in [6.07, 6.45) is 0. The first-order valence-electron chi connectivity index (χ1n) is 5.26. The summed E-state index contributed by atoms with van der Waals surface area (Å²) in [5.74, 6) is -1.19. The summed E-state index contributed by atoms with van der Waals surface area (Å²) in [6, 6.07) is 5.24. The third-order valence-corrected chi connectivity index (χ3v) is 3.07. The molecule has 4 heteroatoms. The second-order valence-electron chi connectivity index (χ2n) is 4.22. The molecular formula is C13H13NO3. The van der Waals surface area contributed by atoms with Crippen LogP contribution in [0.3, 0.4) is 0 Å². The van der Waals surface area contributed by atoms with E-state index in [0.29, 0.717) is 0 Å². The number of aryl methyl sites for hydroxylation is 3. The highest BCUT2D eigenvalue weighted by molar-refractivity contribution is 5.93. The number of carboxylic acids is 1. The quantitative estimate of drug-likeness (QED) is 0.814. The number of carbonyl (C=O) groups is 1. The Kier molecular flexibility index (Phi) is 2.50. The lowest BCUT2D eigenvalue weighted by Crippen LogP contribution is -2.24. The van der Waals surface area contributed by atoms with E-state index in [0.717, 1.165) is 22.0 Å². The van der Waals surface area contributed by atoms with Crippen LogP contribution in [0.5, 0.6) is 0 Å². The minimum Gasteiger partial charge on any atom is -0.477 e. The normalized spacial score (nSPS) is 10.8. The number of aromatic carboxylic acids is 1. The lowest BCUT2D eigenvalue weighted by molar-refractivity contribution is 0.0694. The molecule has 88 valence electrons. The maximum atomic E-state index is 11.8. The maximum absolute atomic E-state index is 11.8. The van der Waals surface area contributed by atoms with Crippen molar-refractivity contribution < 1.29 is 9.90 Å². The van der Waals surface area contributed by atoms with Crippen molar-refractivity contribution in [3.8, 4) is 0 Å². The molecule has 0 radical (unpaired) electrons. The van der Waals surface area contributed by atoms with Crippen LogP contribution in [0.1, 0.15) is 21.5 Å².